The molecule has 1 unspecified atom stereocenters. The Balaban J connectivity index is 1.79. The number of carbonyl (C=O) groups is 2. The maximum Gasteiger partial charge on any atom is 0.242 e. The molecular formula is C11H19N3O2. The minimum atomic E-state index is -0.357. The minimum absolute atomic E-state index is 0.0701. The predicted molar refractivity (Wildman–Crippen MR) is 59.6 cm³/mol. The highest BCUT2D eigenvalue weighted by Gasteiger charge is 2.35. The molecule has 1 atom stereocenters. The molecule has 1 aliphatic carbocycles. The Labute approximate surface area is 95.1 Å². The van der Waals surface area contributed by atoms with E-state index in [4.69, 9.17) is 5.73 Å². The highest BCUT2D eigenvalue weighted by atomic mass is 16.2. The minimum Gasteiger partial charge on any atom is -0.354 e. The molecule has 1 saturated carbocycles. The van der Waals surface area contributed by atoms with E-state index in [1.807, 2.05) is 0 Å². The Morgan fingerprint density at radius 1 is 1.50 bits per heavy atom. The van der Waals surface area contributed by atoms with Crippen LogP contribution in [0.1, 0.15) is 38.5 Å². The molecule has 4 N–H and O–H groups in total. The summed E-state index contributed by atoms with van der Waals surface area (Å²) >= 11 is 0. The Morgan fingerprint density at radius 3 is 2.81 bits per heavy atom. The first-order valence-electron chi connectivity index (χ1n) is 5.95. The van der Waals surface area contributed by atoms with Crippen LogP contribution in [-0.4, -0.2) is 29.9 Å². The standard InChI is InChI=1S/C11H19N3O2/c12-11(4-2-5-11)7-9(15)14-8-3-1-6-13-10(8)16/h8H,1-7,12H2,(H,13,16)(H,14,15). The van der Waals surface area contributed by atoms with Gasteiger partial charge in [-0.1, -0.05) is 0 Å². The summed E-state index contributed by atoms with van der Waals surface area (Å²) < 4.78 is 0. The number of amides is 2. The third-order valence-corrected chi connectivity index (χ3v) is 3.48. The quantitative estimate of drug-likeness (QED) is 0.614. The Hall–Kier alpha value is -1.10. The van der Waals surface area contributed by atoms with Gasteiger partial charge in [-0.25, -0.2) is 0 Å². The van der Waals surface area contributed by atoms with Gasteiger partial charge < -0.3 is 16.4 Å². The van der Waals surface area contributed by atoms with Gasteiger partial charge in [0, 0.05) is 18.5 Å². The Morgan fingerprint density at radius 2 is 2.25 bits per heavy atom. The van der Waals surface area contributed by atoms with E-state index in [0.29, 0.717) is 13.0 Å². The number of rotatable bonds is 3. The number of nitrogens with one attached hydrogen (secondary N) is 2. The zero-order valence-corrected chi connectivity index (χ0v) is 9.42. The van der Waals surface area contributed by atoms with Gasteiger partial charge in [-0.15, -0.1) is 0 Å². The summed E-state index contributed by atoms with van der Waals surface area (Å²) in [5.41, 5.74) is 5.67. The molecule has 5 heteroatoms. The van der Waals surface area contributed by atoms with E-state index >= 15 is 0 Å². The first-order valence-corrected chi connectivity index (χ1v) is 5.95. The van der Waals surface area contributed by atoms with E-state index in [-0.39, 0.29) is 23.4 Å². The lowest BCUT2D eigenvalue weighted by Gasteiger charge is -2.37. The summed E-state index contributed by atoms with van der Waals surface area (Å²) in [6.07, 6.45) is 4.93. The number of hydrogen-bond donors (Lipinski definition) is 3. The first kappa shape index (κ1) is 11.4. The lowest BCUT2D eigenvalue weighted by molar-refractivity contribution is -0.131. The van der Waals surface area contributed by atoms with Crippen molar-refractivity contribution in [2.75, 3.05) is 6.54 Å². The number of carbonyl (C=O) groups excluding carboxylic acids is 2. The second kappa shape index (κ2) is 4.41. The third kappa shape index (κ3) is 2.52. The summed E-state index contributed by atoms with van der Waals surface area (Å²) in [5, 5.41) is 5.51. The van der Waals surface area contributed by atoms with Crippen LogP contribution in [0.2, 0.25) is 0 Å². The van der Waals surface area contributed by atoms with Crippen LogP contribution in [-0.2, 0) is 9.59 Å². The molecule has 5 nitrogen and oxygen atoms in total. The first-order chi connectivity index (χ1) is 7.59. The van der Waals surface area contributed by atoms with Crippen molar-refractivity contribution >= 4 is 11.8 Å². The van der Waals surface area contributed by atoms with E-state index in [2.05, 4.69) is 10.6 Å². The van der Waals surface area contributed by atoms with Gasteiger partial charge in [-0.05, 0) is 32.1 Å². The van der Waals surface area contributed by atoms with Crippen molar-refractivity contribution in [3.05, 3.63) is 0 Å². The average molecular weight is 225 g/mol. The largest absolute Gasteiger partial charge is 0.354 e. The summed E-state index contributed by atoms with van der Waals surface area (Å²) in [5.74, 6) is -0.163. The average Bonchev–Trinajstić information content (AvgIpc) is 2.19. The number of nitrogens with two attached hydrogens (primary N) is 1. The predicted octanol–water partition coefficient (Wildman–Crippen LogP) is -0.347. The third-order valence-electron chi connectivity index (χ3n) is 3.48. The molecule has 0 aromatic rings. The Kier molecular flexibility index (Phi) is 3.14. The van der Waals surface area contributed by atoms with Crippen LogP contribution in [0.4, 0.5) is 0 Å². The van der Waals surface area contributed by atoms with Crippen molar-refractivity contribution < 1.29 is 9.59 Å². The van der Waals surface area contributed by atoms with Gasteiger partial charge in [-0.3, -0.25) is 9.59 Å². The molecule has 90 valence electrons. The van der Waals surface area contributed by atoms with Gasteiger partial charge in [0.05, 0.1) is 0 Å². The molecule has 1 heterocycles. The fourth-order valence-electron chi connectivity index (χ4n) is 2.28. The van der Waals surface area contributed by atoms with Crippen LogP contribution in [0.15, 0.2) is 0 Å². The van der Waals surface area contributed by atoms with Crippen molar-refractivity contribution in [3.63, 3.8) is 0 Å². The zero-order chi connectivity index (χ0) is 11.6. The van der Waals surface area contributed by atoms with Crippen molar-refractivity contribution in [3.8, 4) is 0 Å². The van der Waals surface area contributed by atoms with E-state index in [0.717, 1.165) is 32.1 Å². The van der Waals surface area contributed by atoms with Crippen molar-refractivity contribution in [1.82, 2.24) is 10.6 Å². The molecular weight excluding hydrogens is 206 g/mol. The second-order valence-electron chi connectivity index (χ2n) is 4.95. The van der Waals surface area contributed by atoms with Crippen LogP contribution in [0.25, 0.3) is 0 Å². The van der Waals surface area contributed by atoms with Crippen LogP contribution in [0.5, 0.6) is 0 Å². The molecule has 2 aliphatic rings. The lowest BCUT2D eigenvalue weighted by Crippen LogP contribution is -2.54. The molecule has 0 aromatic carbocycles. The molecule has 16 heavy (non-hydrogen) atoms. The van der Waals surface area contributed by atoms with Crippen LogP contribution in [0.3, 0.4) is 0 Å². The summed E-state index contributed by atoms with van der Waals surface area (Å²) in [7, 11) is 0. The smallest absolute Gasteiger partial charge is 0.242 e. The van der Waals surface area contributed by atoms with Gasteiger partial charge in [0.2, 0.25) is 11.8 Å². The van der Waals surface area contributed by atoms with Gasteiger partial charge in [0.1, 0.15) is 6.04 Å². The fraction of sp³-hybridized carbons (Fsp3) is 0.818. The van der Waals surface area contributed by atoms with E-state index < -0.39 is 0 Å². The summed E-state index contributed by atoms with van der Waals surface area (Å²) in [6.45, 7) is 0.714. The van der Waals surface area contributed by atoms with E-state index in [1.54, 1.807) is 0 Å². The summed E-state index contributed by atoms with van der Waals surface area (Å²) in [6, 6.07) is -0.357. The van der Waals surface area contributed by atoms with Gasteiger partial charge in [0.15, 0.2) is 0 Å². The monoisotopic (exact) mass is 225 g/mol. The van der Waals surface area contributed by atoms with Crippen LogP contribution >= 0.6 is 0 Å². The second-order valence-corrected chi connectivity index (χ2v) is 4.95. The fourth-order valence-corrected chi connectivity index (χ4v) is 2.28. The molecule has 2 fully saturated rings. The molecule has 0 bridgehead atoms. The zero-order valence-electron chi connectivity index (χ0n) is 9.42. The number of piperidine rings is 1. The maximum atomic E-state index is 11.7. The van der Waals surface area contributed by atoms with Crippen LogP contribution < -0.4 is 16.4 Å². The van der Waals surface area contributed by atoms with E-state index in [1.165, 1.54) is 0 Å². The molecule has 0 radical (unpaired) electrons. The molecule has 1 aliphatic heterocycles. The van der Waals surface area contributed by atoms with Gasteiger partial charge >= 0.3 is 0 Å². The highest BCUT2D eigenvalue weighted by molar-refractivity contribution is 5.88. The van der Waals surface area contributed by atoms with Crippen molar-refractivity contribution in [2.45, 2.75) is 50.1 Å². The SMILES string of the molecule is NC1(CC(=O)NC2CCCNC2=O)CCC1. The molecule has 2 rings (SSSR count). The van der Waals surface area contributed by atoms with Crippen molar-refractivity contribution in [2.24, 2.45) is 5.73 Å². The Bertz CT molecular complexity index is 300. The van der Waals surface area contributed by atoms with Crippen LogP contribution in [0, 0.1) is 0 Å². The maximum absolute atomic E-state index is 11.7. The lowest BCUT2D eigenvalue weighted by atomic mass is 9.75. The van der Waals surface area contributed by atoms with E-state index in [9.17, 15) is 9.59 Å². The highest BCUT2D eigenvalue weighted by Crippen LogP contribution is 2.31. The topological polar surface area (TPSA) is 84.2 Å². The van der Waals surface area contributed by atoms with Gasteiger partial charge in [-0.2, -0.15) is 0 Å². The normalized spacial score (nSPS) is 27.8. The molecule has 1 saturated heterocycles. The van der Waals surface area contributed by atoms with Gasteiger partial charge in [0.25, 0.3) is 0 Å². The van der Waals surface area contributed by atoms with Crippen molar-refractivity contribution in [1.29, 1.82) is 0 Å². The number of hydrogen-bond acceptors (Lipinski definition) is 3. The summed E-state index contributed by atoms with van der Waals surface area (Å²) in [4.78, 5) is 23.1. The molecule has 0 spiro atoms. The molecule has 0 aromatic heterocycles. The molecule has 2 amide bonds.